The van der Waals surface area contributed by atoms with E-state index in [9.17, 15) is 0 Å². The molecule has 0 spiro atoms. The molecule has 0 N–H and O–H groups in total. The molecule has 0 aromatic carbocycles. The van der Waals surface area contributed by atoms with Crippen molar-refractivity contribution in [2.24, 2.45) is 0 Å². The van der Waals surface area contributed by atoms with Crippen LogP contribution >= 0.6 is 0 Å². The van der Waals surface area contributed by atoms with Gasteiger partial charge in [0, 0.05) is 24.5 Å². The molecule has 2 heteroatoms. The van der Waals surface area contributed by atoms with Crippen molar-refractivity contribution >= 4 is 0 Å². The van der Waals surface area contributed by atoms with E-state index >= 15 is 0 Å². The minimum Gasteiger partial charge on any atom is -0.346 e. The van der Waals surface area contributed by atoms with Gasteiger partial charge in [0.1, 0.15) is 0 Å². The Hall–Kier alpha value is -1.02. The molecule has 0 unspecified atom stereocenters. The van der Waals surface area contributed by atoms with E-state index in [-0.39, 0.29) is 0 Å². The minimum atomic E-state index is 0.483. The number of nitrogens with zero attached hydrogens (tertiary/aromatic N) is 2. The lowest BCUT2D eigenvalue weighted by molar-refractivity contribution is 0.382. The van der Waals surface area contributed by atoms with Gasteiger partial charge in [-0.2, -0.15) is 0 Å². The topological polar surface area (TPSA) is 6.48 Å². The molecule has 0 fully saturated rings. The van der Waals surface area contributed by atoms with Crippen LogP contribution in [0.5, 0.6) is 0 Å². The minimum absolute atomic E-state index is 0.483. The van der Waals surface area contributed by atoms with Crippen LogP contribution in [0.2, 0.25) is 0 Å². The Labute approximate surface area is 93.6 Å². The lowest BCUT2D eigenvalue weighted by atomic mass is 10.1. The van der Waals surface area contributed by atoms with Gasteiger partial charge in [0.2, 0.25) is 0 Å². The van der Waals surface area contributed by atoms with Crippen molar-refractivity contribution in [1.82, 2.24) is 9.80 Å². The van der Waals surface area contributed by atoms with E-state index in [4.69, 9.17) is 0 Å². The van der Waals surface area contributed by atoms with Crippen molar-refractivity contribution in [2.75, 3.05) is 20.6 Å². The van der Waals surface area contributed by atoms with Gasteiger partial charge in [-0.25, -0.2) is 0 Å². The second-order valence-corrected chi connectivity index (χ2v) is 4.58. The zero-order valence-corrected chi connectivity index (χ0v) is 10.3. The molecular weight excluding hydrogens is 184 g/mol. The van der Waals surface area contributed by atoms with Gasteiger partial charge in [-0.15, -0.1) is 0 Å². The summed E-state index contributed by atoms with van der Waals surface area (Å²) >= 11 is 0. The second-order valence-electron chi connectivity index (χ2n) is 4.58. The molecule has 1 heterocycles. The van der Waals surface area contributed by atoms with Gasteiger partial charge in [-0.1, -0.05) is 12.7 Å². The molecule has 2 nitrogen and oxygen atoms in total. The molecule has 0 atom stereocenters. The molecule has 15 heavy (non-hydrogen) atoms. The van der Waals surface area contributed by atoms with E-state index in [1.807, 2.05) is 0 Å². The Morgan fingerprint density at radius 2 is 2.00 bits per heavy atom. The first kappa shape index (κ1) is 12.1. The van der Waals surface area contributed by atoms with E-state index in [2.05, 4.69) is 62.7 Å². The molecule has 0 aliphatic carbocycles. The first-order chi connectivity index (χ1) is 7.00. The van der Waals surface area contributed by atoms with Gasteiger partial charge >= 0.3 is 0 Å². The monoisotopic (exact) mass is 206 g/mol. The summed E-state index contributed by atoms with van der Waals surface area (Å²) in [5.74, 6) is 0. The lowest BCUT2D eigenvalue weighted by Crippen LogP contribution is -2.26. The Morgan fingerprint density at radius 3 is 2.53 bits per heavy atom. The van der Waals surface area contributed by atoms with Gasteiger partial charge in [-0.3, -0.25) is 0 Å². The van der Waals surface area contributed by atoms with Crippen molar-refractivity contribution < 1.29 is 0 Å². The summed E-state index contributed by atoms with van der Waals surface area (Å²) in [6, 6.07) is 0.483. The van der Waals surface area contributed by atoms with Crippen molar-refractivity contribution in [1.29, 1.82) is 0 Å². The van der Waals surface area contributed by atoms with Gasteiger partial charge < -0.3 is 9.80 Å². The molecule has 0 radical (unpaired) electrons. The van der Waals surface area contributed by atoms with E-state index < -0.39 is 0 Å². The van der Waals surface area contributed by atoms with Crippen LogP contribution in [0, 0.1) is 0 Å². The van der Waals surface area contributed by atoms with Gasteiger partial charge in [0.25, 0.3) is 0 Å². The van der Waals surface area contributed by atoms with Crippen molar-refractivity contribution in [2.45, 2.75) is 26.3 Å². The van der Waals surface area contributed by atoms with Crippen LogP contribution in [-0.2, 0) is 0 Å². The summed E-state index contributed by atoms with van der Waals surface area (Å²) in [7, 11) is 4.21. The molecule has 84 valence electrons. The quantitative estimate of drug-likeness (QED) is 0.697. The highest BCUT2D eigenvalue weighted by Gasteiger charge is 2.11. The number of hydrogen-bond donors (Lipinski definition) is 0. The van der Waals surface area contributed by atoms with Gasteiger partial charge in [0.05, 0.1) is 0 Å². The average Bonchev–Trinajstić information content (AvgIpc) is 2.16. The second kappa shape index (κ2) is 5.17. The van der Waals surface area contributed by atoms with Crippen molar-refractivity contribution in [3.63, 3.8) is 0 Å². The third-order valence-corrected chi connectivity index (χ3v) is 2.53. The first-order valence-electron chi connectivity index (χ1n) is 5.51. The van der Waals surface area contributed by atoms with Crippen LogP contribution in [0.4, 0.5) is 0 Å². The molecule has 0 saturated heterocycles. The molecule has 0 aromatic rings. The fraction of sp³-hybridized carbons (Fsp3) is 0.538. The standard InChI is InChI=1S/C13H22N2/c1-11(2)15-10-13(7-6-12(15)3)8-9-14(4)5/h6-7,10-11H,3,8-9H2,1-2,4-5H3. The zero-order valence-electron chi connectivity index (χ0n) is 10.3. The largest absolute Gasteiger partial charge is 0.346 e. The maximum absolute atomic E-state index is 4.03. The molecule has 1 rings (SSSR count). The Bertz CT molecular complexity index is 285. The molecule has 1 aliphatic heterocycles. The van der Waals surface area contributed by atoms with Gasteiger partial charge in [0.15, 0.2) is 0 Å². The average molecular weight is 206 g/mol. The van der Waals surface area contributed by atoms with E-state index in [0.717, 1.165) is 18.7 Å². The molecule has 0 saturated carbocycles. The Kier molecular flexibility index (Phi) is 4.15. The molecule has 0 aromatic heterocycles. The predicted molar refractivity (Wildman–Crippen MR) is 66.5 cm³/mol. The maximum atomic E-state index is 4.03. The summed E-state index contributed by atoms with van der Waals surface area (Å²) < 4.78 is 0. The third kappa shape index (κ3) is 3.56. The van der Waals surface area contributed by atoms with E-state index in [0.29, 0.717) is 6.04 Å². The summed E-state index contributed by atoms with van der Waals surface area (Å²) in [5.41, 5.74) is 2.46. The summed E-state index contributed by atoms with van der Waals surface area (Å²) in [4.78, 5) is 4.43. The summed E-state index contributed by atoms with van der Waals surface area (Å²) in [6.45, 7) is 9.49. The van der Waals surface area contributed by atoms with Gasteiger partial charge in [-0.05, 0) is 46.0 Å². The van der Waals surface area contributed by atoms with Crippen LogP contribution in [0.3, 0.4) is 0 Å². The molecule has 1 aliphatic rings. The van der Waals surface area contributed by atoms with Crippen molar-refractivity contribution in [3.8, 4) is 0 Å². The van der Waals surface area contributed by atoms with Crippen LogP contribution in [0.25, 0.3) is 0 Å². The van der Waals surface area contributed by atoms with Crippen LogP contribution in [0.1, 0.15) is 20.3 Å². The fourth-order valence-electron chi connectivity index (χ4n) is 1.58. The summed E-state index contributed by atoms with van der Waals surface area (Å²) in [6.07, 6.45) is 7.59. The van der Waals surface area contributed by atoms with Crippen LogP contribution in [0.15, 0.2) is 36.2 Å². The normalized spacial score (nSPS) is 16.5. The number of hydrogen-bond acceptors (Lipinski definition) is 2. The maximum Gasteiger partial charge on any atom is 0.0335 e. The highest BCUT2D eigenvalue weighted by atomic mass is 15.1. The number of allylic oxidation sites excluding steroid dienone is 2. The predicted octanol–water partition coefficient (Wildman–Crippen LogP) is 2.62. The van der Waals surface area contributed by atoms with Crippen molar-refractivity contribution in [3.05, 3.63) is 36.2 Å². The lowest BCUT2D eigenvalue weighted by Gasteiger charge is -2.29. The molecule has 0 bridgehead atoms. The molecule has 0 amide bonds. The van der Waals surface area contributed by atoms with Crippen LogP contribution in [-0.4, -0.2) is 36.5 Å². The highest BCUT2D eigenvalue weighted by Crippen LogP contribution is 2.20. The third-order valence-electron chi connectivity index (χ3n) is 2.53. The smallest absolute Gasteiger partial charge is 0.0335 e. The highest BCUT2D eigenvalue weighted by molar-refractivity contribution is 5.32. The number of rotatable bonds is 4. The van der Waals surface area contributed by atoms with Crippen LogP contribution < -0.4 is 0 Å². The Balaban J connectivity index is 2.62. The molecular formula is C13H22N2. The first-order valence-corrected chi connectivity index (χ1v) is 5.51. The SMILES string of the molecule is C=C1C=CC(CCN(C)C)=CN1C(C)C. The zero-order chi connectivity index (χ0) is 11.4. The fourth-order valence-corrected chi connectivity index (χ4v) is 1.58. The summed E-state index contributed by atoms with van der Waals surface area (Å²) in [5, 5.41) is 0. The van der Waals surface area contributed by atoms with E-state index in [1.165, 1.54) is 5.57 Å². The van der Waals surface area contributed by atoms with E-state index in [1.54, 1.807) is 0 Å². The Morgan fingerprint density at radius 1 is 1.33 bits per heavy atom.